The van der Waals surface area contributed by atoms with Crippen molar-refractivity contribution in [3.8, 4) is 5.75 Å². The highest BCUT2D eigenvalue weighted by Crippen LogP contribution is 2.40. The van der Waals surface area contributed by atoms with Crippen LogP contribution in [0.1, 0.15) is 18.4 Å². The zero-order valence-electron chi connectivity index (χ0n) is 12.1. The summed E-state index contributed by atoms with van der Waals surface area (Å²) in [6.45, 7) is 1.75. The van der Waals surface area contributed by atoms with Crippen LogP contribution in [0.25, 0.3) is 0 Å². The monoisotopic (exact) mass is 293 g/mol. The van der Waals surface area contributed by atoms with E-state index >= 15 is 0 Å². The number of amides is 1. The van der Waals surface area contributed by atoms with Crippen LogP contribution in [0.2, 0.25) is 0 Å². The van der Waals surface area contributed by atoms with Gasteiger partial charge < -0.3 is 15.8 Å². The molecule has 1 aliphatic carbocycles. The number of aryl methyl sites for hydroxylation is 1. The molecule has 21 heavy (non-hydrogen) atoms. The number of rotatable bonds is 7. The molecule has 7 heteroatoms. The highest BCUT2D eigenvalue weighted by atomic mass is 16.6. The molecule has 114 valence electrons. The Labute approximate surface area is 122 Å². The van der Waals surface area contributed by atoms with Crippen molar-refractivity contribution in [1.82, 2.24) is 5.32 Å². The maximum absolute atomic E-state index is 11.8. The van der Waals surface area contributed by atoms with Crippen molar-refractivity contribution in [3.05, 3.63) is 33.9 Å². The number of nitro benzene ring substituents is 1. The molecule has 1 aromatic rings. The van der Waals surface area contributed by atoms with Gasteiger partial charge in [-0.1, -0.05) is 6.07 Å². The maximum Gasteiger partial charge on any atom is 0.311 e. The number of hydrogen-bond acceptors (Lipinski definition) is 5. The van der Waals surface area contributed by atoms with Gasteiger partial charge in [-0.25, -0.2) is 0 Å². The molecule has 0 radical (unpaired) electrons. The van der Waals surface area contributed by atoms with E-state index in [1.54, 1.807) is 26.1 Å². The molecule has 0 saturated heterocycles. The van der Waals surface area contributed by atoms with Gasteiger partial charge in [-0.2, -0.15) is 0 Å². The van der Waals surface area contributed by atoms with Gasteiger partial charge in [0.05, 0.1) is 4.92 Å². The van der Waals surface area contributed by atoms with Crippen LogP contribution in [0.4, 0.5) is 5.69 Å². The third-order valence-corrected chi connectivity index (χ3v) is 3.93. The zero-order chi connectivity index (χ0) is 15.6. The van der Waals surface area contributed by atoms with Crippen LogP contribution >= 0.6 is 0 Å². The summed E-state index contributed by atoms with van der Waals surface area (Å²) >= 11 is 0. The molecule has 1 aliphatic rings. The molecule has 0 aromatic heterocycles. The molecule has 3 N–H and O–H groups in total. The first-order valence-electron chi connectivity index (χ1n) is 6.77. The molecule has 1 saturated carbocycles. The fraction of sp³-hybridized carbons (Fsp3) is 0.500. The smallest absolute Gasteiger partial charge is 0.311 e. The maximum atomic E-state index is 11.8. The summed E-state index contributed by atoms with van der Waals surface area (Å²) in [6, 6.07) is 4.71. The van der Waals surface area contributed by atoms with E-state index in [0.29, 0.717) is 0 Å². The van der Waals surface area contributed by atoms with Crippen LogP contribution in [0.15, 0.2) is 18.2 Å². The molecule has 1 atom stereocenters. The number of likely N-dealkylation sites (N-methyl/N-ethyl adjacent to an activating group) is 1. The summed E-state index contributed by atoms with van der Waals surface area (Å²) in [5, 5.41) is 14.0. The number of nitrogens with two attached hydrogens (primary N) is 1. The molecule has 7 nitrogen and oxygen atoms in total. The molecule has 1 unspecified atom stereocenters. The Morgan fingerprint density at radius 1 is 1.57 bits per heavy atom. The van der Waals surface area contributed by atoms with E-state index in [4.69, 9.17) is 10.5 Å². The van der Waals surface area contributed by atoms with Crippen molar-refractivity contribution in [1.29, 1.82) is 0 Å². The molecule has 0 spiro atoms. The topological polar surface area (TPSA) is 107 Å². The molecule has 1 amide bonds. The van der Waals surface area contributed by atoms with Crippen LogP contribution in [0, 0.1) is 23.0 Å². The summed E-state index contributed by atoms with van der Waals surface area (Å²) in [5.41, 5.74) is 5.18. The second kappa shape index (κ2) is 5.69. The summed E-state index contributed by atoms with van der Waals surface area (Å²) in [6.07, 6.45) is 1.78. The van der Waals surface area contributed by atoms with Gasteiger partial charge >= 0.3 is 5.69 Å². The molecule has 1 aromatic carbocycles. The Bertz CT molecular complexity index is 571. The first-order valence-corrected chi connectivity index (χ1v) is 6.77. The number of nitrogens with one attached hydrogen (secondary N) is 1. The Morgan fingerprint density at radius 2 is 2.24 bits per heavy atom. The summed E-state index contributed by atoms with van der Waals surface area (Å²) in [4.78, 5) is 22.3. The van der Waals surface area contributed by atoms with Gasteiger partial charge in [0.1, 0.15) is 12.1 Å². The van der Waals surface area contributed by atoms with E-state index in [1.165, 1.54) is 6.07 Å². The molecular formula is C14H19N3O4. The zero-order valence-corrected chi connectivity index (χ0v) is 12.1. The summed E-state index contributed by atoms with van der Waals surface area (Å²) in [7, 11) is 1.65. The highest BCUT2D eigenvalue weighted by molar-refractivity contribution is 5.85. The van der Waals surface area contributed by atoms with Crippen LogP contribution in [0.5, 0.6) is 5.75 Å². The van der Waals surface area contributed by atoms with Gasteiger partial charge in [-0.15, -0.1) is 0 Å². The SMILES string of the molecule is CNC(COc1ccc(C)cc1[N+](=O)[O-])(C(N)=O)C1CC1. The number of nitrogens with zero attached hydrogens (tertiary/aromatic N) is 1. The van der Waals surface area contributed by atoms with Crippen molar-refractivity contribution in [2.75, 3.05) is 13.7 Å². The highest BCUT2D eigenvalue weighted by Gasteiger charge is 2.49. The van der Waals surface area contributed by atoms with E-state index in [9.17, 15) is 14.9 Å². The fourth-order valence-corrected chi connectivity index (χ4v) is 2.45. The van der Waals surface area contributed by atoms with Crippen molar-refractivity contribution >= 4 is 11.6 Å². The van der Waals surface area contributed by atoms with Crippen LogP contribution in [-0.4, -0.2) is 30.0 Å². The van der Waals surface area contributed by atoms with Crippen molar-refractivity contribution in [2.45, 2.75) is 25.3 Å². The van der Waals surface area contributed by atoms with Crippen LogP contribution < -0.4 is 15.8 Å². The van der Waals surface area contributed by atoms with E-state index < -0.39 is 16.4 Å². The minimum Gasteiger partial charge on any atom is -0.484 e. The van der Waals surface area contributed by atoms with Crippen LogP contribution in [-0.2, 0) is 4.79 Å². The van der Waals surface area contributed by atoms with Crippen molar-refractivity contribution < 1.29 is 14.5 Å². The van der Waals surface area contributed by atoms with E-state index in [-0.39, 0.29) is 24.0 Å². The third kappa shape index (κ3) is 2.97. The van der Waals surface area contributed by atoms with Gasteiger partial charge in [-0.05, 0) is 44.4 Å². The Morgan fingerprint density at radius 3 is 2.71 bits per heavy atom. The molecule has 1 fully saturated rings. The summed E-state index contributed by atoms with van der Waals surface area (Å²) in [5.74, 6) is -0.237. The van der Waals surface area contributed by atoms with E-state index in [0.717, 1.165) is 18.4 Å². The van der Waals surface area contributed by atoms with Gasteiger partial charge in [0.2, 0.25) is 5.91 Å². The van der Waals surface area contributed by atoms with E-state index in [1.807, 2.05) is 0 Å². The second-order valence-corrected chi connectivity index (χ2v) is 5.38. The predicted molar refractivity (Wildman–Crippen MR) is 77.0 cm³/mol. The standard InChI is InChI=1S/C14H19N3O4/c1-9-3-6-12(11(7-9)17(19)20)21-8-14(16-2,13(15)18)10-4-5-10/h3,6-7,10,16H,4-5,8H2,1-2H3,(H2,15,18). The first kappa shape index (κ1) is 15.2. The molecule has 0 bridgehead atoms. The number of ether oxygens (including phenoxy) is 1. The number of carbonyl (C=O) groups excluding carboxylic acids is 1. The predicted octanol–water partition coefficient (Wildman–Crippen LogP) is 1.14. The lowest BCUT2D eigenvalue weighted by molar-refractivity contribution is -0.386. The fourth-order valence-electron chi connectivity index (χ4n) is 2.45. The Hall–Kier alpha value is -2.15. The van der Waals surface area contributed by atoms with Gasteiger partial charge in [0, 0.05) is 6.07 Å². The van der Waals surface area contributed by atoms with Gasteiger partial charge in [-0.3, -0.25) is 14.9 Å². The van der Waals surface area contributed by atoms with Crippen molar-refractivity contribution in [3.63, 3.8) is 0 Å². The quantitative estimate of drug-likeness (QED) is 0.579. The average molecular weight is 293 g/mol. The van der Waals surface area contributed by atoms with Gasteiger partial charge in [0.15, 0.2) is 5.75 Å². The molecular weight excluding hydrogens is 274 g/mol. The lowest BCUT2D eigenvalue weighted by Gasteiger charge is -2.30. The molecule has 0 heterocycles. The average Bonchev–Trinajstić information content (AvgIpc) is 3.25. The van der Waals surface area contributed by atoms with Crippen LogP contribution in [0.3, 0.4) is 0 Å². The number of nitro groups is 1. The molecule has 2 rings (SSSR count). The second-order valence-electron chi connectivity index (χ2n) is 5.38. The number of benzene rings is 1. The number of primary amides is 1. The minimum atomic E-state index is -0.973. The Kier molecular flexibility index (Phi) is 4.13. The largest absolute Gasteiger partial charge is 0.484 e. The van der Waals surface area contributed by atoms with E-state index in [2.05, 4.69) is 5.32 Å². The summed E-state index contributed by atoms with van der Waals surface area (Å²) < 4.78 is 5.57. The minimum absolute atomic E-state index is 0.0204. The lowest BCUT2D eigenvalue weighted by Crippen LogP contribution is -2.59. The van der Waals surface area contributed by atoms with Crippen molar-refractivity contribution in [2.24, 2.45) is 11.7 Å². The third-order valence-electron chi connectivity index (χ3n) is 3.93. The lowest BCUT2D eigenvalue weighted by atomic mass is 9.93. The molecule has 0 aliphatic heterocycles. The number of carbonyl (C=O) groups is 1. The number of hydrogen-bond donors (Lipinski definition) is 2. The first-order chi connectivity index (χ1) is 9.90. The Balaban J connectivity index is 2.22. The normalized spacial score (nSPS) is 17.0. The van der Waals surface area contributed by atoms with Gasteiger partial charge in [0.25, 0.3) is 0 Å².